The summed E-state index contributed by atoms with van der Waals surface area (Å²) in [4.78, 5) is 0. The minimum absolute atomic E-state index is 0.403. The molecule has 0 N–H and O–H groups in total. The van der Waals surface area contributed by atoms with Crippen LogP contribution in [-0.4, -0.2) is 29.6 Å². The van der Waals surface area contributed by atoms with Crippen molar-refractivity contribution in [2.75, 3.05) is 0 Å². The number of nitrogens with zero attached hydrogens (tertiary/aromatic N) is 6. The molecule has 86 valence electrons. The Balaban J connectivity index is 2.31. The third kappa shape index (κ3) is 1.49. The number of fused-ring (bicyclic) bond motifs is 1. The predicted molar refractivity (Wildman–Crippen MR) is 62.7 cm³/mol. The Bertz CT molecular complexity index is 698. The monoisotopic (exact) mass is 248 g/mol. The van der Waals surface area contributed by atoms with Gasteiger partial charge in [0, 0.05) is 12.7 Å². The molecule has 0 radical (unpaired) electrons. The van der Waals surface area contributed by atoms with E-state index in [4.69, 9.17) is 11.6 Å². The van der Waals surface area contributed by atoms with Gasteiger partial charge in [-0.25, -0.2) is 0 Å². The molecule has 0 aromatic carbocycles. The van der Waals surface area contributed by atoms with E-state index in [0.717, 1.165) is 11.3 Å². The average molecular weight is 249 g/mol. The Hall–Kier alpha value is -1.95. The lowest BCUT2D eigenvalue weighted by molar-refractivity contribution is 0.740. The first-order valence-corrected chi connectivity index (χ1v) is 5.41. The molecule has 0 atom stereocenters. The number of hydrogen-bond donors (Lipinski definition) is 0. The van der Waals surface area contributed by atoms with Crippen molar-refractivity contribution in [3.63, 3.8) is 0 Å². The largest absolute Gasteiger partial charge is 0.272 e. The summed E-state index contributed by atoms with van der Waals surface area (Å²) in [6, 6.07) is 3.46. The lowest BCUT2D eigenvalue weighted by Gasteiger charge is -1.98. The second-order valence-corrected chi connectivity index (χ2v) is 4.10. The minimum atomic E-state index is 0.403. The average Bonchev–Trinajstić information content (AvgIpc) is 2.84. The smallest absolute Gasteiger partial charge is 0.188 e. The van der Waals surface area contributed by atoms with Gasteiger partial charge in [-0.1, -0.05) is 11.6 Å². The summed E-state index contributed by atoms with van der Waals surface area (Å²) in [6.07, 6.45) is 1.74. The number of aryl methyl sites for hydroxylation is 1. The highest BCUT2D eigenvalue weighted by molar-refractivity contribution is 6.29. The number of aromatic nitrogens is 6. The maximum Gasteiger partial charge on any atom is 0.188 e. The summed E-state index contributed by atoms with van der Waals surface area (Å²) in [7, 11) is 1.88. The minimum Gasteiger partial charge on any atom is -0.272 e. The van der Waals surface area contributed by atoms with Gasteiger partial charge in [-0.05, 0) is 19.1 Å². The molecule has 0 unspecified atom stereocenters. The Morgan fingerprint density at radius 1 is 1.24 bits per heavy atom. The quantitative estimate of drug-likeness (QED) is 0.655. The molecule has 3 rings (SSSR count). The molecule has 0 spiro atoms. The number of hydrogen-bond acceptors (Lipinski definition) is 4. The predicted octanol–water partition coefficient (Wildman–Crippen LogP) is 1.49. The van der Waals surface area contributed by atoms with Crippen LogP contribution in [0, 0.1) is 6.92 Å². The van der Waals surface area contributed by atoms with Crippen molar-refractivity contribution in [2.45, 2.75) is 6.92 Å². The summed E-state index contributed by atoms with van der Waals surface area (Å²) in [5.74, 6) is 0.646. The lowest BCUT2D eigenvalue weighted by atomic mass is 10.2. The Morgan fingerprint density at radius 2 is 2.06 bits per heavy atom. The van der Waals surface area contributed by atoms with Crippen molar-refractivity contribution in [1.29, 1.82) is 0 Å². The Kier molecular flexibility index (Phi) is 2.12. The van der Waals surface area contributed by atoms with Crippen LogP contribution in [0.1, 0.15) is 5.69 Å². The van der Waals surface area contributed by atoms with Crippen LogP contribution in [0.15, 0.2) is 18.3 Å². The van der Waals surface area contributed by atoms with Crippen LogP contribution in [-0.2, 0) is 7.05 Å². The van der Waals surface area contributed by atoms with Crippen LogP contribution in [0.5, 0.6) is 0 Å². The molecule has 0 fully saturated rings. The van der Waals surface area contributed by atoms with E-state index in [-0.39, 0.29) is 0 Å². The standard InChI is InChI=1S/C10H9ClN6/c1-6-7(5-12-16(6)2)10-14-13-9-4-3-8(11)15-17(9)10/h3-5H,1-2H3. The summed E-state index contributed by atoms with van der Waals surface area (Å²) in [5.41, 5.74) is 2.56. The van der Waals surface area contributed by atoms with Crippen LogP contribution >= 0.6 is 11.6 Å². The van der Waals surface area contributed by atoms with Gasteiger partial charge in [0.05, 0.1) is 11.8 Å². The number of halogens is 1. The summed E-state index contributed by atoms with van der Waals surface area (Å²) < 4.78 is 3.40. The van der Waals surface area contributed by atoms with E-state index in [1.807, 2.05) is 14.0 Å². The van der Waals surface area contributed by atoms with Crippen LogP contribution in [0.25, 0.3) is 17.0 Å². The lowest BCUT2D eigenvalue weighted by Crippen LogP contribution is -1.97. The first-order valence-electron chi connectivity index (χ1n) is 5.04. The second kappa shape index (κ2) is 3.53. The van der Waals surface area contributed by atoms with Gasteiger partial charge in [-0.3, -0.25) is 4.68 Å². The maximum absolute atomic E-state index is 5.87. The van der Waals surface area contributed by atoms with Gasteiger partial charge in [0.2, 0.25) is 0 Å². The van der Waals surface area contributed by atoms with Gasteiger partial charge in [-0.2, -0.15) is 14.7 Å². The fourth-order valence-corrected chi connectivity index (χ4v) is 1.79. The van der Waals surface area contributed by atoms with Crippen molar-refractivity contribution >= 4 is 17.2 Å². The molecule has 3 aromatic rings. The van der Waals surface area contributed by atoms with E-state index in [0.29, 0.717) is 16.6 Å². The summed E-state index contributed by atoms with van der Waals surface area (Å²) in [6.45, 7) is 1.97. The van der Waals surface area contributed by atoms with Crippen LogP contribution in [0.4, 0.5) is 0 Å². The molecule has 3 heterocycles. The van der Waals surface area contributed by atoms with Gasteiger partial charge in [-0.15, -0.1) is 10.2 Å². The Morgan fingerprint density at radius 3 is 2.76 bits per heavy atom. The van der Waals surface area contributed by atoms with Gasteiger partial charge < -0.3 is 0 Å². The molecule has 0 saturated carbocycles. The summed E-state index contributed by atoms with van der Waals surface area (Å²) >= 11 is 5.87. The number of rotatable bonds is 1. The van der Waals surface area contributed by atoms with Gasteiger partial charge in [0.15, 0.2) is 11.5 Å². The van der Waals surface area contributed by atoms with Gasteiger partial charge >= 0.3 is 0 Å². The van der Waals surface area contributed by atoms with Crippen molar-refractivity contribution in [2.24, 2.45) is 7.05 Å². The van der Waals surface area contributed by atoms with Crippen molar-refractivity contribution in [3.8, 4) is 11.4 Å². The van der Waals surface area contributed by atoms with E-state index in [1.54, 1.807) is 27.5 Å². The highest BCUT2D eigenvalue weighted by Gasteiger charge is 2.14. The van der Waals surface area contributed by atoms with Crippen LogP contribution < -0.4 is 0 Å². The zero-order valence-electron chi connectivity index (χ0n) is 9.29. The van der Waals surface area contributed by atoms with Crippen molar-refractivity contribution < 1.29 is 0 Å². The third-order valence-electron chi connectivity index (χ3n) is 2.71. The normalized spacial score (nSPS) is 11.2. The molecule has 6 nitrogen and oxygen atoms in total. The van der Waals surface area contributed by atoms with Crippen LogP contribution in [0.2, 0.25) is 5.15 Å². The Labute approximate surface area is 102 Å². The molecule has 0 aliphatic carbocycles. The highest BCUT2D eigenvalue weighted by atomic mass is 35.5. The SMILES string of the molecule is Cc1c(-c2nnc3ccc(Cl)nn23)cnn1C. The van der Waals surface area contributed by atoms with E-state index in [1.165, 1.54) is 0 Å². The zero-order chi connectivity index (χ0) is 12.0. The first kappa shape index (κ1) is 10.2. The molecule has 0 amide bonds. The first-order chi connectivity index (χ1) is 8.16. The zero-order valence-corrected chi connectivity index (χ0v) is 10.0. The molecular formula is C10H9ClN6. The van der Waals surface area contributed by atoms with Gasteiger partial charge in [0.25, 0.3) is 0 Å². The maximum atomic E-state index is 5.87. The fraction of sp³-hybridized carbons (Fsp3) is 0.200. The molecular weight excluding hydrogens is 240 g/mol. The third-order valence-corrected chi connectivity index (χ3v) is 2.91. The van der Waals surface area contributed by atoms with E-state index in [9.17, 15) is 0 Å². The van der Waals surface area contributed by atoms with E-state index < -0.39 is 0 Å². The van der Waals surface area contributed by atoms with Crippen molar-refractivity contribution in [3.05, 3.63) is 29.2 Å². The van der Waals surface area contributed by atoms with E-state index >= 15 is 0 Å². The molecule has 7 heteroatoms. The fourth-order valence-electron chi connectivity index (χ4n) is 1.65. The van der Waals surface area contributed by atoms with Gasteiger partial charge in [0.1, 0.15) is 5.15 Å². The van der Waals surface area contributed by atoms with Crippen molar-refractivity contribution in [1.82, 2.24) is 29.6 Å². The molecule has 17 heavy (non-hydrogen) atoms. The topological polar surface area (TPSA) is 60.9 Å². The highest BCUT2D eigenvalue weighted by Crippen LogP contribution is 2.21. The second-order valence-electron chi connectivity index (χ2n) is 3.72. The van der Waals surface area contributed by atoms with E-state index in [2.05, 4.69) is 20.4 Å². The van der Waals surface area contributed by atoms with Crippen LogP contribution in [0.3, 0.4) is 0 Å². The molecule has 3 aromatic heterocycles. The molecule has 0 aliphatic heterocycles. The molecule has 0 saturated heterocycles. The molecule has 0 bridgehead atoms. The summed E-state index contributed by atoms with van der Waals surface area (Å²) in [5, 5.41) is 16.9. The molecule has 0 aliphatic rings.